The Bertz CT molecular complexity index is 491. The maximum atomic E-state index is 11.7. The third kappa shape index (κ3) is 1.46. The quantitative estimate of drug-likeness (QED) is 0.810. The molecule has 1 saturated carbocycles. The molecular weight excluding hydrogens is 220 g/mol. The first-order valence-corrected chi connectivity index (χ1v) is 5.54. The molecule has 17 heavy (non-hydrogen) atoms. The summed E-state index contributed by atoms with van der Waals surface area (Å²) in [6, 6.07) is 6.34. The number of urea groups is 1. The molecule has 0 radical (unpaired) electrons. The molecule has 1 spiro atoms. The second-order valence-electron chi connectivity index (χ2n) is 4.57. The van der Waals surface area contributed by atoms with Gasteiger partial charge in [0.2, 0.25) is 0 Å². The summed E-state index contributed by atoms with van der Waals surface area (Å²) in [5, 5.41) is 11.6. The van der Waals surface area contributed by atoms with E-state index < -0.39 is 5.97 Å². The Morgan fingerprint density at radius 2 is 1.94 bits per heavy atom. The fraction of sp³-hybridized carbons (Fsp3) is 0.333. The first-order chi connectivity index (χ1) is 8.12. The van der Waals surface area contributed by atoms with Crippen LogP contribution >= 0.6 is 0 Å². The highest BCUT2D eigenvalue weighted by Crippen LogP contribution is 2.46. The van der Waals surface area contributed by atoms with Gasteiger partial charge in [0.05, 0.1) is 11.1 Å². The van der Waals surface area contributed by atoms with Crippen LogP contribution in [-0.2, 0) is 0 Å². The van der Waals surface area contributed by atoms with Crippen molar-refractivity contribution in [1.29, 1.82) is 0 Å². The van der Waals surface area contributed by atoms with Crippen molar-refractivity contribution in [3.05, 3.63) is 29.8 Å². The summed E-state index contributed by atoms with van der Waals surface area (Å²) in [4.78, 5) is 24.2. The second-order valence-corrected chi connectivity index (χ2v) is 4.57. The van der Waals surface area contributed by atoms with Gasteiger partial charge in [-0.3, -0.25) is 4.90 Å². The number of nitrogens with zero attached hydrogens (tertiary/aromatic N) is 1. The number of hydrogen-bond acceptors (Lipinski definition) is 2. The molecule has 1 aromatic rings. The lowest BCUT2D eigenvalue weighted by molar-refractivity contribution is 0.0697. The number of benzene rings is 1. The average Bonchev–Trinajstić information content (AvgIpc) is 3.00. The van der Waals surface area contributed by atoms with Crippen LogP contribution in [0.15, 0.2) is 24.3 Å². The fourth-order valence-corrected chi connectivity index (χ4v) is 2.30. The van der Waals surface area contributed by atoms with E-state index in [1.807, 2.05) is 0 Å². The van der Waals surface area contributed by atoms with Crippen molar-refractivity contribution in [1.82, 2.24) is 5.32 Å². The van der Waals surface area contributed by atoms with Crippen LogP contribution in [-0.4, -0.2) is 29.2 Å². The van der Waals surface area contributed by atoms with Crippen LogP contribution in [0.1, 0.15) is 23.2 Å². The highest BCUT2D eigenvalue weighted by atomic mass is 16.4. The summed E-state index contributed by atoms with van der Waals surface area (Å²) in [5.41, 5.74) is 0.947. The lowest BCUT2D eigenvalue weighted by atomic mass is 10.1. The molecule has 88 valence electrons. The molecule has 0 bridgehead atoms. The highest BCUT2D eigenvalue weighted by Gasteiger charge is 2.55. The largest absolute Gasteiger partial charge is 0.478 e. The maximum absolute atomic E-state index is 11.7. The molecule has 2 aliphatic rings. The van der Waals surface area contributed by atoms with E-state index >= 15 is 0 Å². The Balaban J connectivity index is 1.93. The van der Waals surface area contributed by atoms with Gasteiger partial charge in [-0.05, 0) is 37.1 Å². The molecule has 2 N–H and O–H groups in total. The smallest absolute Gasteiger partial charge is 0.335 e. The number of carbonyl (C=O) groups is 2. The van der Waals surface area contributed by atoms with Crippen LogP contribution in [0.4, 0.5) is 10.5 Å². The van der Waals surface area contributed by atoms with Gasteiger partial charge in [-0.2, -0.15) is 0 Å². The minimum atomic E-state index is -0.955. The number of carbonyl (C=O) groups excluding carboxylic acids is 1. The molecule has 3 rings (SSSR count). The van der Waals surface area contributed by atoms with Crippen molar-refractivity contribution in [3.63, 3.8) is 0 Å². The predicted molar refractivity (Wildman–Crippen MR) is 61.2 cm³/mol. The molecular formula is C12H12N2O3. The lowest BCUT2D eigenvalue weighted by Crippen LogP contribution is -2.35. The molecule has 2 fully saturated rings. The van der Waals surface area contributed by atoms with E-state index in [0.29, 0.717) is 6.54 Å². The molecule has 5 nitrogen and oxygen atoms in total. The van der Waals surface area contributed by atoms with E-state index in [1.54, 1.807) is 17.0 Å². The molecule has 1 saturated heterocycles. The van der Waals surface area contributed by atoms with E-state index in [-0.39, 0.29) is 17.1 Å². The summed E-state index contributed by atoms with van der Waals surface area (Å²) in [6.07, 6.45) is 2.01. The van der Waals surface area contributed by atoms with Crippen LogP contribution in [0, 0.1) is 0 Å². The zero-order valence-electron chi connectivity index (χ0n) is 9.14. The minimum Gasteiger partial charge on any atom is -0.478 e. The second kappa shape index (κ2) is 3.23. The number of anilines is 1. The standard InChI is InChI=1S/C12H12N2O3/c15-10(16)8-1-3-9(4-2-8)14-11(17)13-7-12(14)5-6-12/h1-4H,5-7H2,(H,13,17)(H,15,16). The predicted octanol–water partition coefficient (Wildman–Crippen LogP) is 1.45. The summed E-state index contributed by atoms with van der Waals surface area (Å²) in [6.45, 7) is 0.687. The fourth-order valence-electron chi connectivity index (χ4n) is 2.30. The topological polar surface area (TPSA) is 69.6 Å². The monoisotopic (exact) mass is 232 g/mol. The van der Waals surface area contributed by atoms with E-state index in [1.165, 1.54) is 12.1 Å². The Hall–Kier alpha value is -2.04. The van der Waals surface area contributed by atoms with Crippen molar-refractivity contribution in [2.24, 2.45) is 0 Å². The highest BCUT2D eigenvalue weighted by molar-refractivity contribution is 5.97. The summed E-state index contributed by atoms with van der Waals surface area (Å²) in [7, 11) is 0. The number of aromatic carboxylic acids is 1. The van der Waals surface area contributed by atoms with Gasteiger partial charge in [0.15, 0.2) is 0 Å². The number of hydrogen-bond donors (Lipinski definition) is 2. The Kier molecular flexibility index (Phi) is 1.92. The SMILES string of the molecule is O=C(O)c1ccc(N2C(=O)NCC23CC3)cc1. The summed E-state index contributed by atoms with van der Waals surface area (Å²) >= 11 is 0. The van der Waals surface area contributed by atoms with Crippen molar-refractivity contribution in [3.8, 4) is 0 Å². The molecule has 0 aromatic heterocycles. The molecule has 1 heterocycles. The Labute approximate surface area is 98.0 Å². The van der Waals surface area contributed by atoms with Crippen LogP contribution < -0.4 is 10.2 Å². The maximum Gasteiger partial charge on any atom is 0.335 e. The van der Waals surface area contributed by atoms with Gasteiger partial charge in [0, 0.05) is 12.2 Å². The first-order valence-electron chi connectivity index (χ1n) is 5.54. The third-order valence-corrected chi connectivity index (χ3v) is 3.45. The third-order valence-electron chi connectivity index (χ3n) is 3.45. The van der Waals surface area contributed by atoms with Gasteiger partial charge in [-0.1, -0.05) is 0 Å². The summed E-state index contributed by atoms with van der Waals surface area (Å²) < 4.78 is 0. The molecule has 0 unspecified atom stereocenters. The first kappa shape index (κ1) is 10.1. The van der Waals surface area contributed by atoms with Crippen molar-refractivity contribution < 1.29 is 14.7 Å². The average molecular weight is 232 g/mol. The number of carboxylic acid groups (broad SMARTS) is 1. The van der Waals surface area contributed by atoms with Crippen LogP contribution in [0.2, 0.25) is 0 Å². The van der Waals surface area contributed by atoms with Gasteiger partial charge < -0.3 is 10.4 Å². The van der Waals surface area contributed by atoms with Gasteiger partial charge in [0.25, 0.3) is 0 Å². The summed E-state index contributed by atoms with van der Waals surface area (Å²) in [5.74, 6) is -0.955. The van der Waals surface area contributed by atoms with E-state index in [0.717, 1.165) is 18.5 Å². The molecule has 1 aliphatic heterocycles. The number of rotatable bonds is 2. The number of amides is 2. The number of carboxylic acids is 1. The molecule has 5 heteroatoms. The Morgan fingerprint density at radius 1 is 1.29 bits per heavy atom. The van der Waals surface area contributed by atoms with Gasteiger partial charge >= 0.3 is 12.0 Å². The number of nitrogens with one attached hydrogen (secondary N) is 1. The van der Waals surface area contributed by atoms with Crippen LogP contribution in [0.5, 0.6) is 0 Å². The minimum absolute atomic E-state index is 0.0537. The van der Waals surface area contributed by atoms with E-state index in [9.17, 15) is 9.59 Å². The van der Waals surface area contributed by atoms with Gasteiger partial charge in [-0.25, -0.2) is 9.59 Å². The van der Waals surface area contributed by atoms with Gasteiger partial charge in [-0.15, -0.1) is 0 Å². The van der Waals surface area contributed by atoms with Gasteiger partial charge in [0.1, 0.15) is 0 Å². The zero-order valence-corrected chi connectivity index (χ0v) is 9.14. The van der Waals surface area contributed by atoms with E-state index in [2.05, 4.69) is 5.32 Å². The van der Waals surface area contributed by atoms with Crippen molar-refractivity contribution >= 4 is 17.7 Å². The van der Waals surface area contributed by atoms with Crippen LogP contribution in [0.25, 0.3) is 0 Å². The molecule has 1 aliphatic carbocycles. The molecule has 1 aromatic carbocycles. The normalized spacial score (nSPS) is 20.5. The molecule has 0 atom stereocenters. The van der Waals surface area contributed by atoms with Crippen LogP contribution in [0.3, 0.4) is 0 Å². The molecule has 2 amide bonds. The van der Waals surface area contributed by atoms with E-state index in [4.69, 9.17) is 5.11 Å². The lowest BCUT2D eigenvalue weighted by Gasteiger charge is -2.22. The van der Waals surface area contributed by atoms with Crippen molar-refractivity contribution in [2.75, 3.05) is 11.4 Å². The van der Waals surface area contributed by atoms with Crippen molar-refractivity contribution in [2.45, 2.75) is 18.4 Å². The zero-order chi connectivity index (χ0) is 12.0. The Morgan fingerprint density at radius 3 is 2.47 bits per heavy atom.